The van der Waals surface area contributed by atoms with E-state index in [-0.39, 0.29) is 6.03 Å². The van der Waals surface area contributed by atoms with Crippen LogP contribution in [0.5, 0.6) is 0 Å². The van der Waals surface area contributed by atoms with Crippen molar-refractivity contribution < 1.29 is 4.79 Å². The smallest absolute Gasteiger partial charge is 0.321 e. The Bertz CT molecular complexity index is 652. The van der Waals surface area contributed by atoms with Crippen LogP contribution in [0.2, 0.25) is 0 Å². The maximum absolute atomic E-state index is 12.6. The Kier molecular flexibility index (Phi) is 4.60. The van der Waals surface area contributed by atoms with Crippen molar-refractivity contribution in [1.29, 1.82) is 0 Å². The highest BCUT2D eigenvalue weighted by Crippen LogP contribution is 2.24. The molecule has 122 valence electrons. The first-order valence-corrected chi connectivity index (χ1v) is 8.19. The predicted octanol–water partition coefficient (Wildman–Crippen LogP) is 3.31. The number of carbonyl (C=O) groups excluding carboxylic acids is 1. The second-order valence-electron chi connectivity index (χ2n) is 6.29. The summed E-state index contributed by atoms with van der Waals surface area (Å²) < 4.78 is 1.66. The average molecular weight is 313 g/mol. The third-order valence-electron chi connectivity index (χ3n) is 4.30. The van der Waals surface area contributed by atoms with Crippen molar-refractivity contribution in [3.05, 3.63) is 36.8 Å². The quantitative estimate of drug-likeness (QED) is 0.945. The summed E-state index contributed by atoms with van der Waals surface area (Å²) in [6.07, 6.45) is 8.51. The standard InChI is InChI=1S/C17H23N5O/c1-13(2)15-7-4-6-10-21(15)17(23)20-14-11-19-22(12-14)16-8-3-5-9-18-16/h3,5,8-9,11-13,15H,4,6-7,10H2,1-2H3,(H,20,23). The Hall–Kier alpha value is -2.37. The number of hydrogen-bond donors (Lipinski definition) is 1. The minimum atomic E-state index is -0.0380. The maximum Gasteiger partial charge on any atom is 0.322 e. The minimum absolute atomic E-state index is 0.0380. The Morgan fingerprint density at radius 3 is 2.96 bits per heavy atom. The zero-order valence-electron chi connectivity index (χ0n) is 13.6. The molecule has 0 aromatic carbocycles. The van der Waals surface area contributed by atoms with Crippen LogP contribution in [0, 0.1) is 5.92 Å². The van der Waals surface area contributed by atoms with E-state index in [4.69, 9.17) is 0 Å². The van der Waals surface area contributed by atoms with Crippen molar-refractivity contribution in [2.24, 2.45) is 5.92 Å². The number of amides is 2. The number of nitrogens with zero attached hydrogens (tertiary/aromatic N) is 4. The highest BCUT2D eigenvalue weighted by atomic mass is 16.2. The molecule has 6 nitrogen and oxygen atoms in total. The number of hydrogen-bond acceptors (Lipinski definition) is 3. The lowest BCUT2D eigenvalue weighted by atomic mass is 9.93. The lowest BCUT2D eigenvalue weighted by Gasteiger charge is -2.38. The van der Waals surface area contributed by atoms with E-state index in [0.29, 0.717) is 17.6 Å². The van der Waals surface area contributed by atoms with Crippen molar-refractivity contribution in [2.45, 2.75) is 39.2 Å². The first kappa shape index (κ1) is 15.5. The first-order chi connectivity index (χ1) is 11.1. The van der Waals surface area contributed by atoms with Crippen LogP contribution in [0.3, 0.4) is 0 Å². The number of carbonyl (C=O) groups is 1. The Labute approximate surface area is 136 Å². The Morgan fingerprint density at radius 1 is 1.35 bits per heavy atom. The summed E-state index contributed by atoms with van der Waals surface area (Å²) in [5.74, 6) is 1.20. The van der Waals surface area contributed by atoms with Gasteiger partial charge in [0, 0.05) is 18.8 Å². The van der Waals surface area contributed by atoms with Gasteiger partial charge in [-0.1, -0.05) is 19.9 Å². The molecule has 1 fully saturated rings. The summed E-state index contributed by atoms with van der Waals surface area (Å²) in [5.41, 5.74) is 0.689. The number of rotatable bonds is 3. The molecule has 23 heavy (non-hydrogen) atoms. The number of aromatic nitrogens is 3. The topological polar surface area (TPSA) is 63.1 Å². The van der Waals surface area contributed by atoms with Gasteiger partial charge in [-0.25, -0.2) is 14.5 Å². The second-order valence-corrected chi connectivity index (χ2v) is 6.29. The van der Waals surface area contributed by atoms with Crippen LogP contribution in [0.1, 0.15) is 33.1 Å². The SMILES string of the molecule is CC(C)C1CCCCN1C(=O)Nc1cnn(-c2ccccn2)c1. The average Bonchev–Trinajstić information content (AvgIpc) is 3.04. The highest BCUT2D eigenvalue weighted by molar-refractivity contribution is 5.89. The van der Waals surface area contributed by atoms with Crippen LogP contribution in [0.4, 0.5) is 10.5 Å². The number of piperidine rings is 1. The van der Waals surface area contributed by atoms with E-state index in [2.05, 4.69) is 29.2 Å². The van der Waals surface area contributed by atoms with E-state index in [1.807, 2.05) is 23.1 Å². The molecule has 0 saturated carbocycles. The molecule has 2 aromatic heterocycles. The number of likely N-dealkylation sites (tertiary alicyclic amines) is 1. The van der Waals surface area contributed by atoms with Gasteiger partial charge in [0.15, 0.2) is 5.82 Å². The molecular formula is C17H23N5O. The molecular weight excluding hydrogens is 290 g/mol. The van der Waals surface area contributed by atoms with Gasteiger partial charge in [-0.2, -0.15) is 5.10 Å². The van der Waals surface area contributed by atoms with Gasteiger partial charge in [-0.3, -0.25) is 0 Å². The van der Waals surface area contributed by atoms with Gasteiger partial charge in [0.2, 0.25) is 0 Å². The van der Waals surface area contributed by atoms with E-state index in [9.17, 15) is 4.79 Å². The first-order valence-electron chi connectivity index (χ1n) is 8.19. The fourth-order valence-electron chi connectivity index (χ4n) is 3.10. The minimum Gasteiger partial charge on any atom is -0.321 e. The fourth-order valence-corrected chi connectivity index (χ4v) is 3.10. The van der Waals surface area contributed by atoms with Gasteiger partial charge in [-0.05, 0) is 37.3 Å². The van der Waals surface area contributed by atoms with E-state index in [0.717, 1.165) is 25.2 Å². The molecule has 0 spiro atoms. The van der Waals surface area contributed by atoms with Crippen LogP contribution in [-0.2, 0) is 0 Å². The van der Waals surface area contributed by atoms with Crippen molar-refractivity contribution in [3.8, 4) is 5.82 Å². The lowest BCUT2D eigenvalue weighted by molar-refractivity contribution is 0.138. The van der Waals surface area contributed by atoms with Crippen LogP contribution >= 0.6 is 0 Å². The number of pyridine rings is 1. The number of anilines is 1. The molecule has 1 unspecified atom stereocenters. The van der Waals surface area contributed by atoms with Crippen LogP contribution < -0.4 is 5.32 Å². The summed E-state index contributed by atoms with van der Waals surface area (Å²) in [6, 6.07) is 5.91. The van der Waals surface area contributed by atoms with Gasteiger partial charge < -0.3 is 10.2 Å². The third-order valence-corrected chi connectivity index (χ3v) is 4.30. The van der Waals surface area contributed by atoms with Gasteiger partial charge >= 0.3 is 6.03 Å². The Morgan fingerprint density at radius 2 is 2.22 bits per heavy atom. The normalized spacial score (nSPS) is 18.2. The molecule has 1 aliphatic heterocycles. The monoisotopic (exact) mass is 313 g/mol. The van der Waals surface area contributed by atoms with E-state index in [1.165, 1.54) is 6.42 Å². The van der Waals surface area contributed by atoms with Gasteiger partial charge in [0.05, 0.1) is 18.1 Å². The molecule has 2 amide bonds. The van der Waals surface area contributed by atoms with Crippen LogP contribution in [0.15, 0.2) is 36.8 Å². The lowest BCUT2D eigenvalue weighted by Crippen LogP contribution is -2.48. The summed E-state index contributed by atoms with van der Waals surface area (Å²) in [4.78, 5) is 18.8. The van der Waals surface area contributed by atoms with Gasteiger partial charge in [0.1, 0.15) is 0 Å². The summed E-state index contributed by atoms with van der Waals surface area (Å²) in [7, 11) is 0. The predicted molar refractivity (Wildman–Crippen MR) is 89.6 cm³/mol. The highest BCUT2D eigenvalue weighted by Gasteiger charge is 2.29. The molecule has 0 radical (unpaired) electrons. The van der Waals surface area contributed by atoms with Gasteiger partial charge in [0.25, 0.3) is 0 Å². The van der Waals surface area contributed by atoms with Crippen LogP contribution in [0.25, 0.3) is 5.82 Å². The number of nitrogens with one attached hydrogen (secondary N) is 1. The summed E-state index contributed by atoms with van der Waals surface area (Å²) in [6.45, 7) is 5.17. The molecule has 3 heterocycles. The molecule has 1 aliphatic rings. The molecule has 1 N–H and O–H groups in total. The molecule has 1 atom stereocenters. The van der Waals surface area contributed by atoms with Crippen LogP contribution in [-0.4, -0.2) is 38.3 Å². The van der Waals surface area contributed by atoms with Crippen molar-refractivity contribution in [1.82, 2.24) is 19.7 Å². The molecule has 6 heteroatoms. The molecule has 0 aliphatic carbocycles. The summed E-state index contributed by atoms with van der Waals surface area (Å²) in [5, 5.41) is 7.22. The molecule has 1 saturated heterocycles. The second kappa shape index (κ2) is 6.81. The van der Waals surface area contributed by atoms with Gasteiger partial charge in [-0.15, -0.1) is 0 Å². The maximum atomic E-state index is 12.6. The van der Waals surface area contributed by atoms with E-state index in [1.54, 1.807) is 23.3 Å². The van der Waals surface area contributed by atoms with E-state index < -0.39 is 0 Å². The van der Waals surface area contributed by atoms with Crippen molar-refractivity contribution >= 4 is 11.7 Å². The van der Waals surface area contributed by atoms with E-state index >= 15 is 0 Å². The largest absolute Gasteiger partial charge is 0.322 e. The molecule has 2 aromatic rings. The molecule has 3 rings (SSSR count). The Balaban J connectivity index is 1.69. The number of urea groups is 1. The third kappa shape index (κ3) is 3.52. The zero-order valence-corrected chi connectivity index (χ0v) is 13.6. The summed E-state index contributed by atoms with van der Waals surface area (Å²) >= 11 is 0. The van der Waals surface area contributed by atoms with Crippen molar-refractivity contribution in [3.63, 3.8) is 0 Å². The fraction of sp³-hybridized carbons (Fsp3) is 0.471. The van der Waals surface area contributed by atoms with Crippen molar-refractivity contribution in [2.75, 3.05) is 11.9 Å². The molecule has 0 bridgehead atoms. The zero-order chi connectivity index (χ0) is 16.2.